The molecule has 5 heteroatoms. The van der Waals surface area contributed by atoms with Crippen LogP contribution in [0.1, 0.15) is 19.4 Å². The molecule has 1 aromatic rings. The monoisotopic (exact) mass is 284 g/mol. The molecular formula is C15H22F2N2O. The molecule has 1 heterocycles. The van der Waals surface area contributed by atoms with Crippen LogP contribution in [0.25, 0.3) is 0 Å². The summed E-state index contributed by atoms with van der Waals surface area (Å²) in [7, 11) is 0. The number of nitrogens with zero attached hydrogens (tertiary/aromatic N) is 1. The highest BCUT2D eigenvalue weighted by Gasteiger charge is 2.34. The van der Waals surface area contributed by atoms with Gasteiger partial charge in [-0.25, -0.2) is 8.78 Å². The number of halogens is 2. The van der Waals surface area contributed by atoms with Crippen LogP contribution in [0.2, 0.25) is 0 Å². The second kappa shape index (κ2) is 6.16. The van der Waals surface area contributed by atoms with Crippen LogP contribution in [0, 0.1) is 11.6 Å². The molecule has 0 aromatic heterocycles. The van der Waals surface area contributed by atoms with E-state index in [-0.39, 0.29) is 23.6 Å². The van der Waals surface area contributed by atoms with E-state index < -0.39 is 11.6 Å². The lowest BCUT2D eigenvalue weighted by Gasteiger charge is -2.44. The number of nitrogens with two attached hydrogens (primary N) is 1. The summed E-state index contributed by atoms with van der Waals surface area (Å²) in [5.41, 5.74) is 5.97. The molecule has 0 bridgehead atoms. The minimum Gasteiger partial charge on any atom is -0.379 e. The van der Waals surface area contributed by atoms with Crippen LogP contribution in [-0.4, -0.2) is 42.8 Å². The highest BCUT2D eigenvalue weighted by molar-refractivity contribution is 5.21. The van der Waals surface area contributed by atoms with Crippen LogP contribution in [0.15, 0.2) is 18.2 Å². The molecule has 0 spiro atoms. The lowest BCUT2D eigenvalue weighted by Crippen LogP contribution is -2.59. The van der Waals surface area contributed by atoms with Crippen molar-refractivity contribution in [2.24, 2.45) is 5.73 Å². The Morgan fingerprint density at radius 1 is 1.25 bits per heavy atom. The third kappa shape index (κ3) is 3.16. The number of hydrogen-bond donors (Lipinski definition) is 1. The SMILES string of the molecule is CC(C)(C(N)Cc1c(F)cccc1F)N1CCOCC1. The fraction of sp³-hybridized carbons (Fsp3) is 0.600. The van der Waals surface area contributed by atoms with Gasteiger partial charge in [0.25, 0.3) is 0 Å². The lowest BCUT2D eigenvalue weighted by atomic mass is 9.87. The van der Waals surface area contributed by atoms with Crippen molar-refractivity contribution in [3.8, 4) is 0 Å². The van der Waals surface area contributed by atoms with Gasteiger partial charge in [-0.1, -0.05) is 6.07 Å². The van der Waals surface area contributed by atoms with Crippen molar-refractivity contribution in [3.63, 3.8) is 0 Å². The highest BCUT2D eigenvalue weighted by atomic mass is 19.1. The Morgan fingerprint density at radius 3 is 2.35 bits per heavy atom. The molecular weight excluding hydrogens is 262 g/mol. The van der Waals surface area contributed by atoms with E-state index in [1.165, 1.54) is 18.2 Å². The summed E-state index contributed by atoms with van der Waals surface area (Å²) < 4.78 is 32.8. The van der Waals surface area contributed by atoms with Crippen LogP contribution in [0.4, 0.5) is 8.78 Å². The molecule has 1 fully saturated rings. The van der Waals surface area contributed by atoms with Crippen molar-refractivity contribution in [2.45, 2.75) is 31.8 Å². The summed E-state index contributed by atoms with van der Waals surface area (Å²) in [5, 5.41) is 0. The smallest absolute Gasteiger partial charge is 0.129 e. The summed E-state index contributed by atoms with van der Waals surface area (Å²) in [4.78, 5) is 2.22. The molecule has 20 heavy (non-hydrogen) atoms. The Kier molecular flexibility index (Phi) is 4.73. The van der Waals surface area contributed by atoms with Crippen molar-refractivity contribution in [2.75, 3.05) is 26.3 Å². The largest absolute Gasteiger partial charge is 0.379 e. The van der Waals surface area contributed by atoms with E-state index in [9.17, 15) is 8.78 Å². The molecule has 1 unspecified atom stereocenters. The van der Waals surface area contributed by atoms with Crippen LogP contribution < -0.4 is 5.73 Å². The van der Waals surface area contributed by atoms with Crippen molar-refractivity contribution < 1.29 is 13.5 Å². The normalized spacial score (nSPS) is 19.1. The van der Waals surface area contributed by atoms with Crippen LogP contribution in [0.3, 0.4) is 0 Å². The lowest BCUT2D eigenvalue weighted by molar-refractivity contribution is -0.0187. The third-order valence-corrected chi connectivity index (χ3v) is 4.22. The topological polar surface area (TPSA) is 38.5 Å². The molecule has 0 amide bonds. The van der Waals surface area contributed by atoms with E-state index in [4.69, 9.17) is 10.5 Å². The molecule has 1 aromatic carbocycles. The average Bonchev–Trinajstić information content (AvgIpc) is 2.43. The first kappa shape index (κ1) is 15.4. The molecule has 1 atom stereocenters. The zero-order valence-electron chi connectivity index (χ0n) is 12.0. The minimum atomic E-state index is -0.529. The maximum Gasteiger partial charge on any atom is 0.129 e. The average molecular weight is 284 g/mol. The van der Waals surface area contributed by atoms with Crippen LogP contribution >= 0.6 is 0 Å². The first-order chi connectivity index (χ1) is 9.43. The van der Waals surface area contributed by atoms with E-state index in [1.807, 2.05) is 13.8 Å². The Hall–Kier alpha value is -1.04. The molecule has 1 saturated heterocycles. The van der Waals surface area contributed by atoms with Crippen LogP contribution in [-0.2, 0) is 11.2 Å². The van der Waals surface area contributed by atoms with E-state index in [0.29, 0.717) is 13.2 Å². The fourth-order valence-electron chi connectivity index (χ4n) is 2.57. The first-order valence-corrected chi connectivity index (χ1v) is 6.94. The van der Waals surface area contributed by atoms with Gasteiger partial charge in [0.05, 0.1) is 13.2 Å². The summed E-state index contributed by atoms with van der Waals surface area (Å²) in [6.45, 7) is 6.96. The van der Waals surface area contributed by atoms with Crippen molar-refractivity contribution in [1.29, 1.82) is 0 Å². The summed E-state index contributed by atoms with van der Waals surface area (Å²) in [6.07, 6.45) is 0.183. The summed E-state index contributed by atoms with van der Waals surface area (Å²) in [5.74, 6) is -1.06. The molecule has 0 radical (unpaired) electrons. The molecule has 1 aliphatic rings. The third-order valence-electron chi connectivity index (χ3n) is 4.22. The second-order valence-corrected chi connectivity index (χ2v) is 5.76. The quantitative estimate of drug-likeness (QED) is 0.918. The molecule has 2 N–H and O–H groups in total. The van der Waals surface area contributed by atoms with Gasteiger partial charge in [0.15, 0.2) is 0 Å². The number of rotatable bonds is 4. The fourth-order valence-corrected chi connectivity index (χ4v) is 2.57. The predicted molar refractivity (Wildman–Crippen MR) is 74.5 cm³/mol. The number of morpholine rings is 1. The van der Waals surface area contributed by atoms with Gasteiger partial charge in [-0.05, 0) is 32.4 Å². The minimum absolute atomic E-state index is 0.0707. The van der Waals surface area contributed by atoms with Gasteiger partial charge < -0.3 is 10.5 Å². The zero-order valence-corrected chi connectivity index (χ0v) is 12.0. The molecule has 0 saturated carbocycles. The van der Waals surface area contributed by atoms with E-state index >= 15 is 0 Å². The number of hydrogen-bond acceptors (Lipinski definition) is 3. The molecule has 3 nitrogen and oxygen atoms in total. The van der Waals surface area contributed by atoms with Gasteiger partial charge >= 0.3 is 0 Å². The maximum absolute atomic E-state index is 13.7. The van der Waals surface area contributed by atoms with E-state index in [2.05, 4.69) is 4.90 Å². The number of benzene rings is 1. The molecule has 112 valence electrons. The first-order valence-electron chi connectivity index (χ1n) is 6.94. The van der Waals surface area contributed by atoms with Gasteiger partial charge in [0, 0.05) is 30.2 Å². The number of ether oxygens (including phenoxy) is 1. The molecule has 2 rings (SSSR count). The molecule has 1 aliphatic heterocycles. The van der Waals surface area contributed by atoms with Gasteiger partial charge in [0.2, 0.25) is 0 Å². The predicted octanol–water partition coefficient (Wildman–Crippen LogP) is 1.95. The van der Waals surface area contributed by atoms with Gasteiger partial charge in [-0.15, -0.1) is 0 Å². The van der Waals surface area contributed by atoms with Crippen molar-refractivity contribution in [1.82, 2.24) is 4.90 Å². The van der Waals surface area contributed by atoms with Crippen molar-refractivity contribution >= 4 is 0 Å². The Morgan fingerprint density at radius 2 is 1.80 bits per heavy atom. The Balaban J connectivity index is 2.12. The second-order valence-electron chi connectivity index (χ2n) is 5.76. The summed E-state index contributed by atoms with van der Waals surface area (Å²) >= 11 is 0. The van der Waals surface area contributed by atoms with Gasteiger partial charge in [-0.2, -0.15) is 0 Å². The van der Waals surface area contributed by atoms with Gasteiger partial charge in [0.1, 0.15) is 11.6 Å². The maximum atomic E-state index is 13.7. The summed E-state index contributed by atoms with van der Waals surface area (Å²) in [6, 6.07) is 3.55. The van der Waals surface area contributed by atoms with Crippen molar-refractivity contribution in [3.05, 3.63) is 35.4 Å². The highest BCUT2D eigenvalue weighted by Crippen LogP contribution is 2.23. The van der Waals surface area contributed by atoms with Crippen LogP contribution in [0.5, 0.6) is 0 Å². The van der Waals surface area contributed by atoms with E-state index in [1.54, 1.807) is 0 Å². The standard InChI is InChI=1S/C15H22F2N2O/c1-15(2,19-6-8-20-9-7-19)14(18)10-11-12(16)4-3-5-13(11)17/h3-5,14H,6-10,18H2,1-2H3. The Labute approximate surface area is 118 Å². The molecule has 0 aliphatic carbocycles. The Bertz CT molecular complexity index is 439. The van der Waals surface area contributed by atoms with Gasteiger partial charge in [-0.3, -0.25) is 4.90 Å². The zero-order chi connectivity index (χ0) is 14.8. The van der Waals surface area contributed by atoms with E-state index in [0.717, 1.165) is 13.1 Å².